The average molecular weight is 757 g/mol. The van der Waals surface area contributed by atoms with E-state index in [9.17, 15) is 5.26 Å². The van der Waals surface area contributed by atoms with Crippen LogP contribution in [-0.4, -0.2) is 15.0 Å². The van der Waals surface area contributed by atoms with E-state index < -0.39 is 5.41 Å². The third-order valence-corrected chi connectivity index (χ3v) is 12.6. The molecule has 4 nitrogen and oxygen atoms in total. The first-order chi connectivity index (χ1) is 28.7. The first-order valence-corrected chi connectivity index (χ1v) is 20.1. The van der Waals surface area contributed by atoms with Crippen LogP contribution in [0.5, 0.6) is 0 Å². The van der Waals surface area contributed by atoms with Crippen LogP contribution in [0.2, 0.25) is 0 Å². The Hall–Kier alpha value is -7.39. The molecule has 1 aliphatic heterocycles. The third-order valence-electron chi connectivity index (χ3n) is 11.5. The molecular weight excluding hydrogens is 725 g/mol. The van der Waals surface area contributed by atoms with Gasteiger partial charge in [-0.25, -0.2) is 15.0 Å². The van der Waals surface area contributed by atoms with E-state index in [0.29, 0.717) is 23.0 Å². The Bertz CT molecular complexity index is 3050. The Balaban J connectivity index is 1.17. The molecule has 2 aliphatic rings. The molecule has 270 valence electrons. The summed E-state index contributed by atoms with van der Waals surface area (Å²) in [6.07, 6.45) is 0. The van der Waals surface area contributed by atoms with Crippen LogP contribution < -0.4 is 0 Å². The van der Waals surface area contributed by atoms with Gasteiger partial charge in [-0.3, -0.25) is 0 Å². The maximum Gasteiger partial charge on any atom is 0.164 e. The van der Waals surface area contributed by atoms with E-state index in [4.69, 9.17) is 15.0 Å². The second-order valence-electron chi connectivity index (χ2n) is 14.6. The number of nitriles is 1. The van der Waals surface area contributed by atoms with Gasteiger partial charge in [0, 0.05) is 26.5 Å². The number of fused-ring (bicyclic) bond motifs is 9. The molecule has 5 heteroatoms. The zero-order valence-corrected chi connectivity index (χ0v) is 32.0. The van der Waals surface area contributed by atoms with Crippen molar-refractivity contribution in [1.82, 2.24) is 15.0 Å². The molecule has 0 bridgehead atoms. The number of hydrogen-bond donors (Lipinski definition) is 0. The molecular formula is C53H32N4S. The minimum Gasteiger partial charge on any atom is -0.208 e. The topological polar surface area (TPSA) is 62.5 Å². The molecule has 58 heavy (non-hydrogen) atoms. The number of nitrogens with zero attached hydrogens (tertiary/aromatic N) is 4. The van der Waals surface area contributed by atoms with E-state index in [1.807, 2.05) is 66.4 Å². The fraction of sp³-hybridized carbons (Fsp3) is 0.0189. The van der Waals surface area contributed by atoms with Crippen molar-refractivity contribution in [1.29, 1.82) is 5.26 Å². The normalized spacial score (nSPS) is 12.9. The van der Waals surface area contributed by atoms with E-state index >= 15 is 0 Å². The van der Waals surface area contributed by atoms with Crippen LogP contribution in [0.25, 0.3) is 67.5 Å². The summed E-state index contributed by atoms with van der Waals surface area (Å²) in [5.74, 6) is 1.86. The maximum absolute atomic E-state index is 9.52. The van der Waals surface area contributed by atoms with Crippen molar-refractivity contribution in [3.63, 3.8) is 0 Å². The van der Waals surface area contributed by atoms with Gasteiger partial charge in [-0.2, -0.15) is 5.26 Å². The average Bonchev–Trinajstić information content (AvgIpc) is 3.58. The molecule has 11 rings (SSSR count). The predicted molar refractivity (Wildman–Crippen MR) is 233 cm³/mol. The van der Waals surface area contributed by atoms with Gasteiger partial charge >= 0.3 is 0 Å². The van der Waals surface area contributed by atoms with Crippen molar-refractivity contribution in [3.8, 4) is 73.6 Å². The summed E-state index contributed by atoms with van der Waals surface area (Å²) in [5, 5.41) is 9.52. The number of hydrogen-bond acceptors (Lipinski definition) is 5. The van der Waals surface area contributed by atoms with E-state index in [0.717, 1.165) is 38.9 Å². The smallest absolute Gasteiger partial charge is 0.164 e. The largest absolute Gasteiger partial charge is 0.208 e. The maximum atomic E-state index is 9.52. The second-order valence-corrected chi connectivity index (χ2v) is 15.7. The molecule has 0 saturated carbocycles. The standard InChI is InChI=1S/C53H32N4S/c54-33-34-23-25-35(26-24-34)38-27-29-41-42-30-28-39(32-47(42)53(46(41)31-38)44-19-9-11-21-48(44)58-49-22-12-10-20-45(49)53)51-55-50(37-15-5-2-6-16-37)56-52(57-51)43-18-8-7-17-40(43)36-13-3-1-4-14-36/h1-32H. The molecule has 9 aromatic rings. The Kier molecular flexibility index (Phi) is 7.99. The second kappa shape index (κ2) is 13.7. The molecule has 0 radical (unpaired) electrons. The molecule has 1 aliphatic carbocycles. The van der Waals surface area contributed by atoms with Crippen molar-refractivity contribution < 1.29 is 0 Å². The van der Waals surface area contributed by atoms with Gasteiger partial charge in [0.15, 0.2) is 17.5 Å². The minimum absolute atomic E-state index is 0.611. The van der Waals surface area contributed by atoms with Gasteiger partial charge in [0.2, 0.25) is 0 Å². The fourth-order valence-electron chi connectivity index (χ4n) is 8.84. The van der Waals surface area contributed by atoms with Gasteiger partial charge in [0.05, 0.1) is 17.0 Å². The summed E-state index contributed by atoms with van der Waals surface area (Å²) >= 11 is 1.83. The van der Waals surface area contributed by atoms with Crippen molar-refractivity contribution in [2.24, 2.45) is 0 Å². The Morgan fingerprint density at radius 2 is 0.845 bits per heavy atom. The highest BCUT2D eigenvalue weighted by Crippen LogP contribution is 2.62. The fourth-order valence-corrected chi connectivity index (χ4v) is 10.0. The molecule has 1 aromatic heterocycles. The summed E-state index contributed by atoms with van der Waals surface area (Å²) in [6.45, 7) is 0. The molecule has 1 spiro atoms. The summed E-state index contributed by atoms with van der Waals surface area (Å²) in [4.78, 5) is 18.1. The van der Waals surface area contributed by atoms with Crippen molar-refractivity contribution in [3.05, 3.63) is 222 Å². The highest BCUT2D eigenvalue weighted by atomic mass is 32.2. The summed E-state index contributed by atoms with van der Waals surface area (Å²) < 4.78 is 0. The molecule has 0 N–H and O–H groups in total. The molecule has 0 amide bonds. The van der Waals surface area contributed by atoms with Crippen molar-refractivity contribution in [2.45, 2.75) is 15.2 Å². The third kappa shape index (κ3) is 5.34. The highest BCUT2D eigenvalue weighted by Gasteiger charge is 2.50. The molecule has 2 heterocycles. The lowest BCUT2D eigenvalue weighted by molar-refractivity contribution is 0.722. The van der Waals surface area contributed by atoms with Gasteiger partial charge in [-0.1, -0.05) is 169 Å². The zero-order valence-electron chi connectivity index (χ0n) is 31.2. The predicted octanol–water partition coefficient (Wildman–Crippen LogP) is 12.9. The van der Waals surface area contributed by atoms with Gasteiger partial charge in [-0.15, -0.1) is 0 Å². The number of benzene rings is 8. The highest BCUT2D eigenvalue weighted by molar-refractivity contribution is 7.99. The van der Waals surface area contributed by atoms with Crippen molar-refractivity contribution in [2.75, 3.05) is 0 Å². The minimum atomic E-state index is -0.611. The Morgan fingerprint density at radius 1 is 0.362 bits per heavy atom. The van der Waals surface area contributed by atoms with Crippen LogP contribution in [0, 0.1) is 11.3 Å². The van der Waals surface area contributed by atoms with Gasteiger partial charge in [-0.05, 0) is 92.0 Å². The van der Waals surface area contributed by atoms with Crippen LogP contribution in [0.1, 0.15) is 27.8 Å². The first-order valence-electron chi connectivity index (χ1n) is 19.3. The molecule has 0 atom stereocenters. The van der Waals surface area contributed by atoms with E-state index in [-0.39, 0.29) is 0 Å². The van der Waals surface area contributed by atoms with E-state index in [1.165, 1.54) is 43.2 Å². The van der Waals surface area contributed by atoms with Crippen LogP contribution in [0.15, 0.2) is 204 Å². The number of rotatable bonds is 5. The number of aromatic nitrogens is 3. The van der Waals surface area contributed by atoms with Crippen LogP contribution in [0.3, 0.4) is 0 Å². The van der Waals surface area contributed by atoms with Crippen LogP contribution in [-0.2, 0) is 5.41 Å². The van der Waals surface area contributed by atoms with Gasteiger partial charge in [0.1, 0.15) is 0 Å². The van der Waals surface area contributed by atoms with E-state index in [2.05, 4.69) is 146 Å². The molecule has 0 saturated heterocycles. The SMILES string of the molecule is N#Cc1ccc(-c2ccc3c(c2)C2(c4ccccc4Sc4ccccc42)c2cc(-c4nc(-c5ccccc5)nc(-c5ccccc5-c5ccccc5)n4)ccc2-3)cc1. The van der Waals surface area contributed by atoms with Gasteiger partial charge < -0.3 is 0 Å². The Morgan fingerprint density at radius 3 is 1.48 bits per heavy atom. The lowest BCUT2D eigenvalue weighted by Gasteiger charge is -2.39. The first kappa shape index (κ1) is 33.9. The molecule has 0 fully saturated rings. The summed E-state index contributed by atoms with van der Waals surface area (Å²) in [7, 11) is 0. The van der Waals surface area contributed by atoms with Crippen LogP contribution >= 0.6 is 11.8 Å². The lowest BCUT2D eigenvalue weighted by Crippen LogP contribution is -2.32. The summed E-state index contributed by atoms with van der Waals surface area (Å²) in [5.41, 5.74) is 14.5. The molecule has 8 aromatic carbocycles. The van der Waals surface area contributed by atoms with Crippen LogP contribution in [0.4, 0.5) is 0 Å². The van der Waals surface area contributed by atoms with Crippen molar-refractivity contribution >= 4 is 11.8 Å². The molecule has 0 unspecified atom stereocenters. The zero-order chi connectivity index (χ0) is 38.6. The quantitative estimate of drug-likeness (QED) is 0.175. The summed E-state index contributed by atoms with van der Waals surface area (Å²) in [6, 6.07) is 70.4. The van der Waals surface area contributed by atoms with Gasteiger partial charge in [0.25, 0.3) is 0 Å². The monoisotopic (exact) mass is 756 g/mol. The van der Waals surface area contributed by atoms with E-state index in [1.54, 1.807) is 0 Å². The lowest BCUT2D eigenvalue weighted by atomic mass is 9.67. The Labute approximate surface area is 341 Å².